The largest absolute Gasteiger partial charge is 0.495 e. The number of hydrogen-bond acceptors (Lipinski definition) is 5. The number of carbonyl (C=O) groups is 2. The van der Waals surface area contributed by atoms with Crippen molar-refractivity contribution in [2.24, 2.45) is 5.92 Å². The van der Waals surface area contributed by atoms with Crippen LogP contribution in [0.2, 0.25) is 5.02 Å². The van der Waals surface area contributed by atoms with E-state index in [0.29, 0.717) is 17.9 Å². The van der Waals surface area contributed by atoms with Gasteiger partial charge >= 0.3 is 0 Å². The van der Waals surface area contributed by atoms with Crippen molar-refractivity contribution in [1.29, 1.82) is 0 Å². The van der Waals surface area contributed by atoms with Gasteiger partial charge in [-0.25, -0.2) is 12.8 Å². The van der Waals surface area contributed by atoms with E-state index in [0.717, 1.165) is 16.1 Å². The van der Waals surface area contributed by atoms with E-state index in [-0.39, 0.29) is 35.5 Å². The Morgan fingerprint density at radius 1 is 1.00 bits per heavy atom. The molecule has 0 spiro atoms. The van der Waals surface area contributed by atoms with Crippen molar-refractivity contribution in [1.82, 2.24) is 10.2 Å². The van der Waals surface area contributed by atoms with Gasteiger partial charge in [0.2, 0.25) is 21.8 Å². The number of halogens is 2. The van der Waals surface area contributed by atoms with Gasteiger partial charge < -0.3 is 15.0 Å². The Morgan fingerprint density at radius 2 is 1.66 bits per heavy atom. The van der Waals surface area contributed by atoms with Crippen LogP contribution in [0.25, 0.3) is 0 Å². The SMILES string of the molecule is COc1ccc(N(CC(=O)N(Cc2ccc(F)cc2)C(Cc2ccccc2)C(=O)NCC(C)C)S(C)(=O)=O)cc1Cl. The third-order valence-electron chi connectivity index (χ3n) is 6.32. The molecule has 0 bridgehead atoms. The van der Waals surface area contributed by atoms with E-state index in [2.05, 4.69) is 5.32 Å². The van der Waals surface area contributed by atoms with E-state index in [1.54, 1.807) is 0 Å². The Morgan fingerprint density at radius 3 is 2.22 bits per heavy atom. The van der Waals surface area contributed by atoms with Crippen LogP contribution in [0.1, 0.15) is 25.0 Å². The zero-order valence-corrected chi connectivity index (χ0v) is 25.1. The summed E-state index contributed by atoms with van der Waals surface area (Å²) in [4.78, 5) is 29.0. The van der Waals surface area contributed by atoms with Crippen molar-refractivity contribution in [3.63, 3.8) is 0 Å². The lowest BCUT2D eigenvalue weighted by Crippen LogP contribution is -2.53. The quantitative estimate of drug-likeness (QED) is 0.306. The number of nitrogens with one attached hydrogen (secondary N) is 1. The highest BCUT2D eigenvalue weighted by atomic mass is 35.5. The monoisotopic (exact) mass is 603 g/mol. The van der Waals surface area contributed by atoms with Gasteiger partial charge in [0.1, 0.15) is 24.2 Å². The summed E-state index contributed by atoms with van der Waals surface area (Å²) in [7, 11) is -2.52. The Balaban J connectivity index is 2.05. The second kappa shape index (κ2) is 14.3. The third kappa shape index (κ3) is 9.19. The summed E-state index contributed by atoms with van der Waals surface area (Å²) in [5, 5.41) is 3.08. The Hall–Kier alpha value is -3.63. The summed E-state index contributed by atoms with van der Waals surface area (Å²) in [5.74, 6) is -0.929. The minimum atomic E-state index is -3.95. The first kappa shape index (κ1) is 31.9. The third-order valence-corrected chi connectivity index (χ3v) is 7.76. The molecule has 41 heavy (non-hydrogen) atoms. The van der Waals surface area contributed by atoms with Gasteiger partial charge in [-0.2, -0.15) is 0 Å². The lowest BCUT2D eigenvalue weighted by molar-refractivity contribution is -0.140. The minimum Gasteiger partial charge on any atom is -0.495 e. The molecule has 1 unspecified atom stereocenters. The number of methoxy groups -OCH3 is 1. The number of ether oxygens (including phenoxy) is 1. The molecule has 8 nitrogen and oxygen atoms in total. The highest BCUT2D eigenvalue weighted by Crippen LogP contribution is 2.30. The van der Waals surface area contributed by atoms with Crippen LogP contribution in [-0.2, 0) is 32.6 Å². The molecule has 3 rings (SSSR count). The normalized spacial score (nSPS) is 12.1. The van der Waals surface area contributed by atoms with Gasteiger partial charge in [0, 0.05) is 19.5 Å². The molecule has 1 atom stereocenters. The molecule has 1 N–H and O–H groups in total. The number of nitrogens with zero attached hydrogens (tertiary/aromatic N) is 2. The molecule has 0 aliphatic heterocycles. The summed E-state index contributed by atoms with van der Waals surface area (Å²) in [6.45, 7) is 3.66. The molecule has 3 aromatic rings. The Bertz CT molecular complexity index is 1440. The zero-order chi connectivity index (χ0) is 30.2. The Labute approximate surface area is 246 Å². The van der Waals surface area contributed by atoms with Crippen LogP contribution in [0.15, 0.2) is 72.8 Å². The molecule has 2 amide bonds. The predicted octanol–water partition coefficient (Wildman–Crippen LogP) is 4.67. The van der Waals surface area contributed by atoms with Crippen LogP contribution >= 0.6 is 11.6 Å². The molecule has 3 aromatic carbocycles. The smallest absolute Gasteiger partial charge is 0.244 e. The van der Waals surface area contributed by atoms with Crippen molar-refractivity contribution in [3.05, 3.63) is 94.8 Å². The number of sulfonamides is 1. The lowest BCUT2D eigenvalue weighted by Gasteiger charge is -2.33. The number of anilines is 1. The van der Waals surface area contributed by atoms with Gasteiger partial charge in [-0.15, -0.1) is 0 Å². The molecule has 0 heterocycles. The predicted molar refractivity (Wildman–Crippen MR) is 159 cm³/mol. The summed E-state index contributed by atoms with van der Waals surface area (Å²) in [5.41, 5.74) is 1.56. The van der Waals surface area contributed by atoms with Crippen LogP contribution < -0.4 is 14.4 Å². The number of amides is 2. The highest BCUT2D eigenvalue weighted by molar-refractivity contribution is 7.92. The molecular formula is C30H35ClFN3O5S. The second-order valence-electron chi connectivity index (χ2n) is 10.1. The van der Waals surface area contributed by atoms with Gasteiger partial charge in [-0.3, -0.25) is 13.9 Å². The van der Waals surface area contributed by atoms with Gasteiger partial charge in [0.25, 0.3) is 0 Å². The fourth-order valence-corrected chi connectivity index (χ4v) is 5.28. The van der Waals surface area contributed by atoms with Crippen LogP contribution in [0.4, 0.5) is 10.1 Å². The van der Waals surface area contributed by atoms with E-state index in [4.69, 9.17) is 16.3 Å². The maximum atomic E-state index is 14.0. The van der Waals surface area contributed by atoms with Crippen molar-refractivity contribution < 1.29 is 27.1 Å². The van der Waals surface area contributed by atoms with Crippen LogP contribution in [0.3, 0.4) is 0 Å². The van der Waals surface area contributed by atoms with E-state index >= 15 is 0 Å². The van der Waals surface area contributed by atoms with E-state index in [1.807, 2.05) is 44.2 Å². The fourth-order valence-electron chi connectivity index (χ4n) is 4.19. The number of benzene rings is 3. The van der Waals surface area contributed by atoms with E-state index < -0.39 is 34.3 Å². The van der Waals surface area contributed by atoms with E-state index in [1.165, 1.54) is 54.5 Å². The van der Waals surface area contributed by atoms with Crippen LogP contribution in [0.5, 0.6) is 5.75 Å². The maximum absolute atomic E-state index is 14.0. The maximum Gasteiger partial charge on any atom is 0.244 e. The first-order chi connectivity index (χ1) is 19.4. The summed E-state index contributed by atoms with van der Waals surface area (Å²) in [6.07, 6.45) is 1.17. The number of carbonyl (C=O) groups excluding carboxylic acids is 2. The number of hydrogen-bond donors (Lipinski definition) is 1. The van der Waals surface area contributed by atoms with Gasteiger partial charge in [0.05, 0.1) is 24.1 Å². The summed E-state index contributed by atoms with van der Waals surface area (Å²) in [6, 6.07) is 18.2. The molecule has 0 aromatic heterocycles. The second-order valence-corrected chi connectivity index (χ2v) is 12.4. The average Bonchev–Trinajstić information content (AvgIpc) is 2.93. The van der Waals surface area contributed by atoms with Gasteiger partial charge in [-0.05, 0) is 47.4 Å². The number of rotatable bonds is 13. The lowest BCUT2D eigenvalue weighted by atomic mass is 10.0. The molecule has 0 radical (unpaired) electrons. The van der Waals surface area contributed by atoms with Gasteiger partial charge in [0.15, 0.2) is 0 Å². The average molecular weight is 604 g/mol. The van der Waals surface area contributed by atoms with Crippen molar-refractivity contribution >= 4 is 39.1 Å². The molecule has 0 aliphatic carbocycles. The molecule has 0 saturated carbocycles. The first-order valence-corrected chi connectivity index (χ1v) is 15.3. The molecular weight excluding hydrogens is 569 g/mol. The first-order valence-electron chi connectivity index (χ1n) is 13.1. The molecule has 0 aliphatic rings. The molecule has 11 heteroatoms. The fraction of sp³-hybridized carbons (Fsp3) is 0.333. The summed E-state index contributed by atoms with van der Waals surface area (Å²) >= 11 is 6.26. The van der Waals surface area contributed by atoms with Crippen molar-refractivity contribution in [2.45, 2.75) is 32.9 Å². The van der Waals surface area contributed by atoms with Crippen LogP contribution in [0, 0.1) is 11.7 Å². The van der Waals surface area contributed by atoms with Crippen LogP contribution in [-0.4, -0.2) is 57.6 Å². The minimum absolute atomic E-state index is 0.0489. The van der Waals surface area contributed by atoms with Gasteiger partial charge in [-0.1, -0.05) is 67.9 Å². The molecule has 220 valence electrons. The zero-order valence-electron chi connectivity index (χ0n) is 23.5. The van der Waals surface area contributed by atoms with Crippen molar-refractivity contribution in [2.75, 3.05) is 30.8 Å². The molecule has 0 saturated heterocycles. The highest BCUT2D eigenvalue weighted by Gasteiger charge is 2.33. The molecule has 0 fully saturated rings. The van der Waals surface area contributed by atoms with Crippen molar-refractivity contribution in [3.8, 4) is 5.75 Å². The topological polar surface area (TPSA) is 96.0 Å². The summed E-state index contributed by atoms with van der Waals surface area (Å²) < 4.78 is 45.5. The Kier molecular flexibility index (Phi) is 11.1. The standard InChI is InChI=1S/C30H35ClFN3O5S/c1-21(2)18-33-30(37)27(16-22-8-6-5-7-9-22)34(19-23-10-12-24(32)13-11-23)29(36)20-35(41(4,38)39)25-14-15-28(40-3)26(31)17-25/h5-15,17,21,27H,16,18-20H2,1-4H3,(H,33,37). The van der Waals surface area contributed by atoms with E-state index in [9.17, 15) is 22.4 Å².